The van der Waals surface area contributed by atoms with E-state index in [1.165, 1.54) is 25.1 Å². The lowest BCUT2D eigenvalue weighted by Crippen LogP contribution is -2.51. The van der Waals surface area contributed by atoms with Gasteiger partial charge in [-0.05, 0) is 51.4 Å². The fraction of sp³-hybridized carbons (Fsp3) is 0.667. The Labute approximate surface area is 130 Å². The van der Waals surface area contributed by atoms with Crippen LogP contribution in [0.1, 0.15) is 26.7 Å². The molecule has 1 saturated heterocycles. The van der Waals surface area contributed by atoms with Gasteiger partial charge >= 0.3 is 0 Å². The molecule has 0 aliphatic carbocycles. The van der Waals surface area contributed by atoms with Gasteiger partial charge in [0.25, 0.3) is 0 Å². The Morgan fingerprint density at radius 3 is 2.67 bits per heavy atom. The van der Waals surface area contributed by atoms with Crippen LogP contribution in [-0.2, 0) is 0 Å². The summed E-state index contributed by atoms with van der Waals surface area (Å²) in [6, 6.07) is 12.0. The fourth-order valence-corrected chi connectivity index (χ4v) is 3.24. The van der Waals surface area contributed by atoms with E-state index < -0.39 is 0 Å². The SMILES string of the molecule is CC1CN(C)C(C)CC1NCCCN(C)c1ccccc1. The minimum atomic E-state index is 0.679. The summed E-state index contributed by atoms with van der Waals surface area (Å²) < 4.78 is 0. The van der Waals surface area contributed by atoms with Crippen molar-refractivity contribution in [2.45, 2.75) is 38.8 Å². The summed E-state index contributed by atoms with van der Waals surface area (Å²) in [6.45, 7) is 8.14. The van der Waals surface area contributed by atoms with Gasteiger partial charge in [-0.3, -0.25) is 0 Å². The van der Waals surface area contributed by atoms with Crippen molar-refractivity contribution in [3.05, 3.63) is 30.3 Å². The molecule has 3 unspecified atom stereocenters. The minimum absolute atomic E-state index is 0.679. The highest BCUT2D eigenvalue weighted by Crippen LogP contribution is 2.20. The molecule has 1 N–H and O–H groups in total. The molecule has 21 heavy (non-hydrogen) atoms. The summed E-state index contributed by atoms with van der Waals surface area (Å²) in [7, 11) is 4.42. The maximum Gasteiger partial charge on any atom is 0.0363 e. The van der Waals surface area contributed by atoms with Gasteiger partial charge in [-0.1, -0.05) is 25.1 Å². The van der Waals surface area contributed by atoms with E-state index in [0.717, 1.165) is 19.0 Å². The number of anilines is 1. The highest BCUT2D eigenvalue weighted by atomic mass is 15.2. The Kier molecular flexibility index (Phi) is 6.07. The number of rotatable bonds is 6. The molecule has 0 bridgehead atoms. The first-order chi connectivity index (χ1) is 10.1. The van der Waals surface area contributed by atoms with E-state index in [4.69, 9.17) is 0 Å². The van der Waals surface area contributed by atoms with Gasteiger partial charge in [0.1, 0.15) is 0 Å². The second-order valence-corrected chi connectivity index (χ2v) is 6.67. The number of nitrogens with one attached hydrogen (secondary N) is 1. The molecule has 0 saturated carbocycles. The van der Waals surface area contributed by atoms with Crippen molar-refractivity contribution in [3.63, 3.8) is 0 Å². The lowest BCUT2D eigenvalue weighted by Gasteiger charge is -2.40. The first-order valence-electron chi connectivity index (χ1n) is 8.27. The topological polar surface area (TPSA) is 18.5 Å². The van der Waals surface area contributed by atoms with E-state index in [9.17, 15) is 0 Å². The summed E-state index contributed by atoms with van der Waals surface area (Å²) in [6.07, 6.45) is 2.46. The Morgan fingerprint density at radius 1 is 1.24 bits per heavy atom. The lowest BCUT2D eigenvalue weighted by atomic mass is 9.90. The Bertz CT molecular complexity index is 406. The number of piperidine rings is 1. The van der Waals surface area contributed by atoms with Gasteiger partial charge < -0.3 is 15.1 Å². The monoisotopic (exact) mass is 289 g/mol. The van der Waals surface area contributed by atoms with E-state index in [1.54, 1.807) is 0 Å². The van der Waals surface area contributed by atoms with Crippen LogP contribution in [0.15, 0.2) is 30.3 Å². The summed E-state index contributed by atoms with van der Waals surface area (Å²) in [4.78, 5) is 4.81. The molecule has 1 aliphatic rings. The smallest absolute Gasteiger partial charge is 0.0363 e. The van der Waals surface area contributed by atoms with Crippen molar-refractivity contribution in [1.29, 1.82) is 0 Å². The predicted octanol–water partition coefficient (Wildman–Crippen LogP) is 2.83. The van der Waals surface area contributed by atoms with Gasteiger partial charge in [0.05, 0.1) is 0 Å². The summed E-state index contributed by atoms with van der Waals surface area (Å²) in [5, 5.41) is 3.78. The second-order valence-electron chi connectivity index (χ2n) is 6.67. The number of nitrogens with zero attached hydrogens (tertiary/aromatic N) is 2. The van der Waals surface area contributed by atoms with Crippen molar-refractivity contribution in [3.8, 4) is 0 Å². The molecule has 3 atom stereocenters. The molecule has 118 valence electrons. The second kappa shape index (κ2) is 7.81. The van der Waals surface area contributed by atoms with Gasteiger partial charge in [0.15, 0.2) is 0 Å². The first-order valence-corrected chi connectivity index (χ1v) is 8.27. The molecule has 1 heterocycles. The summed E-state index contributed by atoms with van der Waals surface area (Å²) in [5.74, 6) is 0.748. The molecule has 3 heteroatoms. The van der Waals surface area contributed by atoms with Crippen LogP contribution in [0.4, 0.5) is 5.69 Å². The van der Waals surface area contributed by atoms with Crippen LogP contribution in [0.5, 0.6) is 0 Å². The number of hydrogen-bond acceptors (Lipinski definition) is 3. The molecule has 2 rings (SSSR count). The molecule has 1 aromatic rings. The zero-order valence-electron chi connectivity index (χ0n) is 14.0. The molecule has 3 nitrogen and oxygen atoms in total. The van der Waals surface area contributed by atoms with Gasteiger partial charge in [0.2, 0.25) is 0 Å². The van der Waals surface area contributed by atoms with Gasteiger partial charge in [-0.15, -0.1) is 0 Å². The Hall–Kier alpha value is -1.06. The van der Waals surface area contributed by atoms with E-state index in [2.05, 4.69) is 73.4 Å². The van der Waals surface area contributed by atoms with Gasteiger partial charge in [-0.2, -0.15) is 0 Å². The Morgan fingerprint density at radius 2 is 1.95 bits per heavy atom. The third kappa shape index (κ3) is 4.72. The van der Waals surface area contributed by atoms with Crippen LogP contribution in [0, 0.1) is 5.92 Å². The molecule has 1 aromatic carbocycles. The maximum atomic E-state index is 3.78. The largest absolute Gasteiger partial charge is 0.375 e. The molecule has 0 aromatic heterocycles. The number of hydrogen-bond donors (Lipinski definition) is 1. The minimum Gasteiger partial charge on any atom is -0.375 e. The molecule has 0 amide bonds. The number of benzene rings is 1. The average molecular weight is 289 g/mol. The van der Waals surface area contributed by atoms with E-state index in [0.29, 0.717) is 12.1 Å². The van der Waals surface area contributed by atoms with Crippen LogP contribution in [0.25, 0.3) is 0 Å². The highest BCUT2D eigenvalue weighted by molar-refractivity contribution is 5.44. The van der Waals surface area contributed by atoms with Crippen molar-refractivity contribution < 1.29 is 0 Å². The number of para-hydroxylation sites is 1. The summed E-state index contributed by atoms with van der Waals surface area (Å²) >= 11 is 0. The third-order valence-corrected chi connectivity index (χ3v) is 4.88. The maximum absolute atomic E-state index is 3.78. The zero-order valence-corrected chi connectivity index (χ0v) is 14.0. The molecular formula is C18H31N3. The Balaban J connectivity index is 1.68. The van der Waals surface area contributed by atoms with E-state index in [-0.39, 0.29) is 0 Å². The van der Waals surface area contributed by atoms with Crippen molar-refractivity contribution >= 4 is 5.69 Å². The van der Waals surface area contributed by atoms with Crippen LogP contribution in [0.3, 0.4) is 0 Å². The van der Waals surface area contributed by atoms with Crippen LogP contribution in [0.2, 0.25) is 0 Å². The molecule has 0 spiro atoms. The van der Waals surface area contributed by atoms with Crippen LogP contribution >= 0.6 is 0 Å². The third-order valence-electron chi connectivity index (χ3n) is 4.88. The first kappa shape index (κ1) is 16.3. The summed E-state index contributed by atoms with van der Waals surface area (Å²) in [5.41, 5.74) is 1.30. The molecule has 1 fully saturated rings. The highest BCUT2D eigenvalue weighted by Gasteiger charge is 2.28. The standard InChI is InChI=1S/C18H31N3/c1-15-14-21(4)16(2)13-18(15)19-11-8-12-20(3)17-9-6-5-7-10-17/h5-7,9-10,15-16,18-19H,8,11-14H2,1-4H3. The van der Waals surface area contributed by atoms with Crippen molar-refractivity contribution in [2.24, 2.45) is 5.92 Å². The quantitative estimate of drug-likeness (QED) is 0.813. The molecular weight excluding hydrogens is 258 g/mol. The normalized spacial score (nSPS) is 26.8. The fourth-order valence-electron chi connectivity index (χ4n) is 3.24. The van der Waals surface area contributed by atoms with Crippen LogP contribution in [-0.4, -0.2) is 50.7 Å². The number of likely N-dealkylation sites (tertiary alicyclic amines) is 1. The molecule has 0 radical (unpaired) electrons. The van der Waals surface area contributed by atoms with Crippen LogP contribution < -0.4 is 10.2 Å². The van der Waals surface area contributed by atoms with Gasteiger partial charge in [-0.25, -0.2) is 0 Å². The van der Waals surface area contributed by atoms with E-state index >= 15 is 0 Å². The van der Waals surface area contributed by atoms with Crippen molar-refractivity contribution in [2.75, 3.05) is 38.6 Å². The van der Waals surface area contributed by atoms with Crippen molar-refractivity contribution in [1.82, 2.24) is 10.2 Å². The van der Waals surface area contributed by atoms with Gasteiger partial charge in [0, 0.05) is 37.9 Å². The van der Waals surface area contributed by atoms with E-state index in [1.807, 2.05) is 0 Å². The zero-order chi connectivity index (χ0) is 15.2. The predicted molar refractivity (Wildman–Crippen MR) is 92.0 cm³/mol. The lowest BCUT2D eigenvalue weighted by molar-refractivity contribution is 0.122. The molecule has 1 aliphatic heterocycles. The average Bonchev–Trinajstić information content (AvgIpc) is 2.49.